The first-order chi connectivity index (χ1) is 7.66. The molecule has 0 radical (unpaired) electrons. The molecule has 0 aromatic rings. The summed E-state index contributed by atoms with van der Waals surface area (Å²) < 4.78 is 5.43. The molecule has 0 amide bonds. The molecule has 0 atom stereocenters. The minimum absolute atomic E-state index is 0.253. The van der Waals surface area contributed by atoms with Crippen molar-refractivity contribution in [3.63, 3.8) is 0 Å². The van der Waals surface area contributed by atoms with Crippen molar-refractivity contribution in [1.29, 1.82) is 0 Å². The summed E-state index contributed by atoms with van der Waals surface area (Å²) in [5.74, 6) is 2.43. The van der Waals surface area contributed by atoms with Gasteiger partial charge in [0, 0.05) is 17.2 Å². The van der Waals surface area contributed by atoms with Crippen molar-refractivity contribution in [3.05, 3.63) is 0 Å². The van der Waals surface area contributed by atoms with E-state index in [9.17, 15) is 0 Å². The predicted molar refractivity (Wildman–Crippen MR) is 72.7 cm³/mol. The Morgan fingerprint density at radius 2 is 2.06 bits per heavy atom. The number of hydrogen-bond donors (Lipinski definition) is 1. The van der Waals surface area contributed by atoms with Crippen LogP contribution in [0.3, 0.4) is 0 Å². The smallest absolute Gasteiger partial charge is 0.0662 e. The monoisotopic (exact) mass is 247 g/mol. The maximum atomic E-state index is 8.56. The first-order valence-corrected chi connectivity index (χ1v) is 7.08. The average Bonchev–Trinajstić information content (AvgIpc) is 2.21. The minimum Gasteiger partial charge on any atom is -0.396 e. The molecule has 96 valence electrons. The van der Waals surface area contributed by atoms with Crippen LogP contribution in [0.1, 0.15) is 27.2 Å². The number of nitrogens with zero attached hydrogens (tertiary/aromatic N) is 1. The van der Waals surface area contributed by atoms with Gasteiger partial charge in [0.15, 0.2) is 0 Å². The number of ether oxygens (including phenoxy) is 1. The minimum atomic E-state index is 0.253. The van der Waals surface area contributed by atoms with Gasteiger partial charge in [0.2, 0.25) is 0 Å². The normalized spacial score (nSPS) is 12.4. The van der Waals surface area contributed by atoms with E-state index in [1.54, 1.807) is 11.8 Å². The summed E-state index contributed by atoms with van der Waals surface area (Å²) in [6.45, 7) is 8.96. The highest BCUT2D eigenvalue weighted by molar-refractivity contribution is 7.99. The highest BCUT2D eigenvalue weighted by Gasteiger charge is 1.96. The Morgan fingerprint density at radius 1 is 1.31 bits per heavy atom. The molecule has 0 aromatic heterocycles. The fourth-order valence-corrected chi connectivity index (χ4v) is 1.91. The van der Waals surface area contributed by atoms with Gasteiger partial charge in [-0.25, -0.2) is 0 Å². The summed E-state index contributed by atoms with van der Waals surface area (Å²) in [5.41, 5.74) is 1.22. The lowest BCUT2D eigenvalue weighted by atomic mass is 10.1. The van der Waals surface area contributed by atoms with Crippen molar-refractivity contribution < 1.29 is 9.84 Å². The van der Waals surface area contributed by atoms with E-state index in [0.29, 0.717) is 12.5 Å². The van der Waals surface area contributed by atoms with E-state index in [-0.39, 0.29) is 6.61 Å². The molecular formula is C12H25NO2S. The zero-order chi connectivity index (χ0) is 12.2. The van der Waals surface area contributed by atoms with Crippen LogP contribution in [0.2, 0.25) is 0 Å². The summed E-state index contributed by atoms with van der Waals surface area (Å²) in [6.07, 6.45) is 1.08. The quantitative estimate of drug-likeness (QED) is 0.475. The first kappa shape index (κ1) is 15.9. The van der Waals surface area contributed by atoms with Gasteiger partial charge in [0.05, 0.1) is 26.4 Å². The Morgan fingerprint density at radius 3 is 2.69 bits per heavy atom. The van der Waals surface area contributed by atoms with Crippen LogP contribution in [0.15, 0.2) is 4.99 Å². The third-order valence-electron chi connectivity index (χ3n) is 1.93. The van der Waals surface area contributed by atoms with Crippen molar-refractivity contribution in [2.45, 2.75) is 27.2 Å². The van der Waals surface area contributed by atoms with Crippen LogP contribution in [0, 0.1) is 5.92 Å². The van der Waals surface area contributed by atoms with Gasteiger partial charge in [-0.3, -0.25) is 4.99 Å². The zero-order valence-electron chi connectivity index (χ0n) is 10.7. The molecule has 16 heavy (non-hydrogen) atoms. The van der Waals surface area contributed by atoms with E-state index in [0.717, 1.165) is 31.1 Å². The fourth-order valence-electron chi connectivity index (χ4n) is 1.34. The van der Waals surface area contributed by atoms with Gasteiger partial charge < -0.3 is 9.84 Å². The van der Waals surface area contributed by atoms with Crippen LogP contribution >= 0.6 is 11.8 Å². The predicted octanol–water partition coefficient (Wildman–Crippen LogP) is 2.24. The molecule has 4 heteroatoms. The Bertz CT molecular complexity index is 184. The van der Waals surface area contributed by atoms with Crippen molar-refractivity contribution in [3.8, 4) is 0 Å². The molecule has 0 rings (SSSR count). The van der Waals surface area contributed by atoms with E-state index >= 15 is 0 Å². The van der Waals surface area contributed by atoms with Crippen LogP contribution in [0.5, 0.6) is 0 Å². The van der Waals surface area contributed by atoms with Crippen molar-refractivity contribution in [2.75, 3.05) is 37.9 Å². The van der Waals surface area contributed by atoms with Crippen molar-refractivity contribution in [2.24, 2.45) is 10.9 Å². The third-order valence-corrected chi connectivity index (χ3v) is 2.86. The highest BCUT2D eigenvalue weighted by atomic mass is 32.2. The average molecular weight is 247 g/mol. The summed E-state index contributed by atoms with van der Waals surface area (Å²) in [7, 11) is 0. The zero-order valence-corrected chi connectivity index (χ0v) is 11.6. The summed E-state index contributed by atoms with van der Waals surface area (Å²) in [5, 5.41) is 8.56. The van der Waals surface area contributed by atoms with Gasteiger partial charge in [-0.2, -0.15) is 11.8 Å². The molecule has 0 unspecified atom stereocenters. The summed E-state index contributed by atoms with van der Waals surface area (Å²) >= 11 is 1.72. The van der Waals surface area contributed by atoms with Gasteiger partial charge >= 0.3 is 0 Å². The van der Waals surface area contributed by atoms with Crippen LogP contribution in [0.4, 0.5) is 0 Å². The Kier molecular flexibility index (Phi) is 11.4. The second kappa shape index (κ2) is 11.4. The molecule has 0 saturated carbocycles. The molecule has 0 aliphatic heterocycles. The Balaban J connectivity index is 3.25. The van der Waals surface area contributed by atoms with Crippen molar-refractivity contribution >= 4 is 17.5 Å². The van der Waals surface area contributed by atoms with Gasteiger partial charge in [-0.15, -0.1) is 0 Å². The SMILES string of the molecule is CC(CC(C)C)=NCCOCCSCCO. The number of hydrogen-bond acceptors (Lipinski definition) is 4. The Hall–Kier alpha value is -0.0600. The summed E-state index contributed by atoms with van der Waals surface area (Å²) in [4.78, 5) is 4.44. The number of aliphatic hydroxyl groups excluding tert-OH is 1. The molecule has 0 aliphatic rings. The largest absolute Gasteiger partial charge is 0.396 e. The Labute approximate surface area is 104 Å². The van der Waals surface area contributed by atoms with Gasteiger partial charge in [0.25, 0.3) is 0 Å². The molecule has 0 fully saturated rings. The number of aliphatic hydroxyl groups is 1. The molecule has 0 saturated heterocycles. The van der Waals surface area contributed by atoms with E-state index in [4.69, 9.17) is 9.84 Å². The lowest BCUT2D eigenvalue weighted by Gasteiger charge is -2.05. The highest BCUT2D eigenvalue weighted by Crippen LogP contribution is 2.01. The van der Waals surface area contributed by atoms with E-state index in [2.05, 4.69) is 25.8 Å². The molecule has 1 N–H and O–H groups in total. The maximum absolute atomic E-state index is 8.56. The third kappa shape index (κ3) is 12.0. The molecule has 0 aliphatic carbocycles. The van der Waals surface area contributed by atoms with Gasteiger partial charge in [0.1, 0.15) is 0 Å². The van der Waals surface area contributed by atoms with Crippen LogP contribution in [0.25, 0.3) is 0 Å². The van der Waals surface area contributed by atoms with Crippen molar-refractivity contribution in [1.82, 2.24) is 0 Å². The van der Waals surface area contributed by atoms with Crippen LogP contribution in [-0.2, 0) is 4.74 Å². The standard InChI is InChI=1S/C12H25NO2S/c1-11(2)10-12(3)13-4-6-15-7-9-16-8-5-14/h11,14H,4-10H2,1-3H3. The van der Waals surface area contributed by atoms with Gasteiger partial charge in [-0.05, 0) is 19.3 Å². The number of rotatable bonds is 10. The van der Waals surface area contributed by atoms with E-state index in [1.165, 1.54) is 5.71 Å². The number of aliphatic imine (C=N–C) groups is 1. The lowest BCUT2D eigenvalue weighted by molar-refractivity contribution is 0.158. The van der Waals surface area contributed by atoms with E-state index < -0.39 is 0 Å². The first-order valence-electron chi connectivity index (χ1n) is 5.93. The topological polar surface area (TPSA) is 41.8 Å². The second-order valence-corrected chi connectivity index (χ2v) is 5.39. The molecule has 0 bridgehead atoms. The molecule has 0 heterocycles. The fraction of sp³-hybridized carbons (Fsp3) is 0.917. The molecule has 3 nitrogen and oxygen atoms in total. The molecule has 0 spiro atoms. The lowest BCUT2D eigenvalue weighted by Crippen LogP contribution is -2.05. The second-order valence-electron chi connectivity index (χ2n) is 4.16. The van der Waals surface area contributed by atoms with Crippen LogP contribution in [-0.4, -0.2) is 48.7 Å². The van der Waals surface area contributed by atoms with Crippen LogP contribution < -0.4 is 0 Å². The molecule has 0 aromatic carbocycles. The van der Waals surface area contributed by atoms with E-state index in [1.807, 2.05) is 0 Å². The molecular weight excluding hydrogens is 222 g/mol. The van der Waals surface area contributed by atoms with Gasteiger partial charge in [-0.1, -0.05) is 13.8 Å². The summed E-state index contributed by atoms with van der Waals surface area (Å²) in [6, 6.07) is 0. The number of thioether (sulfide) groups is 1. The maximum Gasteiger partial charge on any atom is 0.0662 e.